The number of nitrogens with zero attached hydrogens (tertiary/aromatic N) is 2. The number of carbonyl (C=O) groups excluding carboxylic acids is 1. The van der Waals surface area contributed by atoms with Crippen molar-refractivity contribution in [3.05, 3.63) is 83.7 Å². The van der Waals surface area contributed by atoms with Crippen molar-refractivity contribution in [3.63, 3.8) is 0 Å². The molecule has 1 N–H and O–H groups in total. The van der Waals surface area contributed by atoms with Crippen LogP contribution < -0.4 is 0 Å². The van der Waals surface area contributed by atoms with Crippen LogP contribution in [-0.2, 0) is 12.7 Å². The molecule has 0 bridgehead atoms. The molecule has 2 aromatic carbocycles. The molecule has 0 spiro atoms. The Morgan fingerprint density at radius 1 is 1.07 bits per heavy atom. The van der Waals surface area contributed by atoms with Gasteiger partial charge in [-0.15, -0.1) is 0 Å². The summed E-state index contributed by atoms with van der Waals surface area (Å²) < 4.78 is 41.1. The number of alkyl halides is 3. The number of benzene rings is 2. The van der Waals surface area contributed by atoms with Crippen molar-refractivity contribution in [1.29, 1.82) is 0 Å². The summed E-state index contributed by atoms with van der Waals surface area (Å²) in [7, 11) is 0. The lowest BCUT2D eigenvalue weighted by atomic mass is 10.2. The predicted octanol–water partition coefficient (Wildman–Crippen LogP) is 5.41. The van der Waals surface area contributed by atoms with Crippen molar-refractivity contribution in [2.24, 2.45) is 0 Å². The standard InChI is InChI=1S/C21H16F3N3OS/c22-21(23,24)15-8-9-18-17(11-15)26-20(27(18)12-14-5-2-1-3-6-14)29-13-19(28)16-7-4-10-25-16/h1-11,25H,12-13H2. The van der Waals surface area contributed by atoms with Crippen LogP contribution in [0.5, 0.6) is 0 Å². The number of halogens is 3. The van der Waals surface area contributed by atoms with Crippen LogP contribution in [0.3, 0.4) is 0 Å². The zero-order valence-corrected chi connectivity index (χ0v) is 15.9. The summed E-state index contributed by atoms with van der Waals surface area (Å²) in [6.45, 7) is 0.446. The number of carbonyl (C=O) groups is 1. The zero-order chi connectivity index (χ0) is 20.4. The molecule has 8 heteroatoms. The fourth-order valence-electron chi connectivity index (χ4n) is 3.02. The summed E-state index contributed by atoms with van der Waals surface area (Å²) >= 11 is 1.21. The summed E-state index contributed by atoms with van der Waals surface area (Å²) in [5, 5.41) is 0.503. The third-order valence-corrected chi connectivity index (χ3v) is 5.43. The van der Waals surface area contributed by atoms with Gasteiger partial charge in [0.25, 0.3) is 0 Å². The molecular weight excluding hydrogens is 399 g/mol. The molecule has 2 aromatic heterocycles. The van der Waals surface area contributed by atoms with Gasteiger partial charge in [-0.2, -0.15) is 13.2 Å². The second-order valence-corrected chi connectivity index (χ2v) is 7.41. The number of H-pyrrole nitrogens is 1. The van der Waals surface area contributed by atoms with Gasteiger partial charge in [-0.3, -0.25) is 4.79 Å². The average Bonchev–Trinajstić information content (AvgIpc) is 3.35. The molecule has 29 heavy (non-hydrogen) atoms. The summed E-state index contributed by atoms with van der Waals surface area (Å²) in [6, 6.07) is 16.5. The summed E-state index contributed by atoms with van der Waals surface area (Å²) in [5.74, 6) is 0.0272. The Morgan fingerprint density at radius 2 is 1.86 bits per heavy atom. The molecule has 148 valence electrons. The molecule has 0 aliphatic rings. The van der Waals surface area contributed by atoms with E-state index >= 15 is 0 Å². The minimum Gasteiger partial charge on any atom is -0.359 e. The van der Waals surface area contributed by atoms with Crippen LogP contribution in [0.2, 0.25) is 0 Å². The highest BCUT2D eigenvalue weighted by Crippen LogP contribution is 2.33. The Morgan fingerprint density at radius 3 is 2.55 bits per heavy atom. The van der Waals surface area contributed by atoms with E-state index in [4.69, 9.17) is 0 Å². The van der Waals surface area contributed by atoms with Crippen LogP contribution in [-0.4, -0.2) is 26.1 Å². The Balaban J connectivity index is 1.70. The fourth-order valence-corrected chi connectivity index (χ4v) is 3.92. The quantitative estimate of drug-likeness (QED) is 0.339. The third kappa shape index (κ3) is 4.22. The van der Waals surface area contributed by atoms with E-state index in [-0.39, 0.29) is 17.1 Å². The first-order chi connectivity index (χ1) is 13.9. The van der Waals surface area contributed by atoms with Gasteiger partial charge in [-0.1, -0.05) is 42.1 Å². The number of aromatic nitrogens is 3. The van der Waals surface area contributed by atoms with Gasteiger partial charge in [0.2, 0.25) is 0 Å². The number of Topliss-reactive ketones (excluding diaryl/α,β-unsaturated/α-hetero) is 1. The normalized spacial score (nSPS) is 11.8. The van der Waals surface area contributed by atoms with Gasteiger partial charge < -0.3 is 9.55 Å². The topological polar surface area (TPSA) is 50.7 Å². The van der Waals surface area contributed by atoms with Crippen molar-refractivity contribution < 1.29 is 18.0 Å². The van der Waals surface area contributed by atoms with Crippen LogP contribution in [0.15, 0.2) is 72.0 Å². The molecule has 0 radical (unpaired) electrons. The molecular formula is C21H16F3N3OS. The largest absolute Gasteiger partial charge is 0.416 e. The Bertz CT molecular complexity index is 1140. The van der Waals surface area contributed by atoms with Crippen molar-refractivity contribution in [3.8, 4) is 0 Å². The molecule has 2 heterocycles. The van der Waals surface area contributed by atoms with E-state index in [1.54, 1.807) is 18.3 Å². The highest BCUT2D eigenvalue weighted by Gasteiger charge is 2.31. The summed E-state index contributed by atoms with van der Waals surface area (Å²) in [5.41, 5.74) is 1.59. The average molecular weight is 415 g/mol. The first-order valence-corrected chi connectivity index (χ1v) is 9.81. The van der Waals surface area contributed by atoms with Crippen LogP contribution >= 0.6 is 11.8 Å². The maximum atomic E-state index is 13.1. The number of aromatic amines is 1. The van der Waals surface area contributed by atoms with Crippen LogP contribution in [0.1, 0.15) is 21.6 Å². The van der Waals surface area contributed by atoms with E-state index < -0.39 is 11.7 Å². The minimum atomic E-state index is -4.44. The van der Waals surface area contributed by atoms with Crippen molar-refractivity contribution in [1.82, 2.24) is 14.5 Å². The Kier molecular flexibility index (Phi) is 5.19. The summed E-state index contributed by atoms with van der Waals surface area (Å²) in [4.78, 5) is 19.6. The molecule has 0 atom stereocenters. The highest BCUT2D eigenvalue weighted by atomic mass is 32.2. The van der Waals surface area contributed by atoms with Crippen molar-refractivity contribution in [2.75, 3.05) is 5.75 Å². The lowest BCUT2D eigenvalue weighted by Gasteiger charge is -2.10. The van der Waals surface area contributed by atoms with Crippen molar-refractivity contribution >= 4 is 28.6 Å². The van der Waals surface area contributed by atoms with Crippen LogP contribution in [0, 0.1) is 0 Å². The van der Waals surface area contributed by atoms with Gasteiger partial charge in [0.15, 0.2) is 10.9 Å². The van der Waals surface area contributed by atoms with Gasteiger partial charge in [-0.05, 0) is 35.9 Å². The van der Waals surface area contributed by atoms with E-state index in [0.29, 0.717) is 22.9 Å². The zero-order valence-electron chi connectivity index (χ0n) is 15.1. The monoisotopic (exact) mass is 415 g/mol. The van der Waals surface area contributed by atoms with Gasteiger partial charge in [0.05, 0.1) is 34.6 Å². The number of rotatable bonds is 6. The first-order valence-electron chi connectivity index (χ1n) is 8.82. The smallest absolute Gasteiger partial charge is 0.359 e. The molecule has 0 fully saturated rings. The lowest BCUT2D eigenvalue weighted by Crippen LogP contribution is -2.06. The maximum Gasteiger partial charge on any atom is 0.416 e. The van der Waals surface area contributed by atoms with Gasteiger partial charge in [0, 0.05) is 6.20 Å². The summed E-state index contributed by atoms with van der Waals surface area (Å²) in [6.07, 6.45) is -2.77. The second kappa shape index (κ2) is 7.79. The molecule has 0 amide bonds. The maximum absolute atomic E-state index is 13.1. The molecule has 4 nitrogen and oxygen atoms in total. The first kappa shape index (κ1) is 19.3. The minimum absolute atomic E-state index is 0.103. The fraction of sp³-hybridized carbons (Fsp3) is 0.143. The number of hydrogen-bond donors (Lipinski definition) is 1. The molecule has 4 aromatic rings. The van der Waals surface area contributed by atoms with E-state index in [0.717, 1.165) is 17.7 Å². The van der Waals surface area contributed by atoms with Crippen LogP contribution in [0.25, 0.3) is 11.0 Å². The Labute approximate surface area is 168 Å². The van der Waals surface area contributed by atoms with Gasteiger partial charge in [0.1, 0.15) is 0 Å². The Hall–Kier alpha value is -3.00. The van der Waals surface area contributed by atoms with E-state index in [2.05, 4.69) is 9.97 Å². The number of thioether (sulfide) groups is 1. The molecule has 0 unspecified atom stereocenters. The molecule has 0 saturated carbocycles. The highest BCUT2D eigenvalue weighted by molar-refractivity contribution is 7.99. The van der Waals surface area contributed by atoms with E-state index in [9.17, 15) is 18.0 Å². The second-order valence-electron chi connectivity index (χ2n) is 6.46. The lowest BCUT2D eigenvalue weighted by molar-refractivity contribution is -0.137. The molecule has 4 rings (SSSR count). The van der Waals surface area contributed by atoms with Gasteiger partial charge in [-0.25, -0.2) is 4.98 Å². The SMILES string of the molecule is O=C(CSc1nc2cc(C(F)(F)F)ccc2n1Cc1ccccc1)c1ccc[nH]1. The van der Waals surface area contributed by atoms with Crippen LogP contribution in [0.4, 0.5) is 13.2 Å². The van der Waals surface area contributed by atoms with E-state index in [1.165, 1.54) is 17.8 Å². The van der Waals surface area contributed by atoms with E-state index in [1.807, 2.05) is 34.9 Å². The number of nitrogens with one attached hydrogen (secondary N) is 1. The molecule has 0 aliphatic heterocycles. The predicted molar refractivity (Wildman–Crippen MR) is 106 cm³/mol. The molecule has 0 saturated heterocycles. The van der Waals surface area contributed by atoms with Crippen molar-refractivity contribution in [2.45, 2.75) is 17.9 Å². The third-order valence-electron chi connectivity index (χ3n) is 4.45. The number of hydrogen-bond acceptors (Lipinski definition) is 3. The molecule has 0 aliphatic carbocycles. The number of fused-ring (bicyclic) bond motifs is 1. The number of ketones is 1. The number of imidazole rings is 1. The van der Waals surface area contributed by atoms with Gasteiger partial charge >= 0.3 is 6.18 Å².